The first-order valence-corrected chi connectivity index (χ1v) is 11.6. The topological polar surface area (TPSA) is 32.9 Å². The minimum atomic E-state index is 0.266. The number of piperazine rings is 1. The van der Waals surface area contributed by atoms with Crippen molar-refractivity contribution in [3.05, 3.63) is 51.7 Å². The highest BCUT2D eigenvalue weighted by molar-refractivity contribution is 7.80. The summed E-state index contributed by atoms with van der Waals surface area (Å²) in [6.45, 7) is 15.0. The van der Waals surface area contributed by atoms with E-state index in [0.717, 1.165) is 5.69 Å². The number of thiophene rings is 1. The Morgan fingerprint density at radius 3 is 2.57 bits per heavy atom. The van der Waals surface area contributed by atoms with E-state index in [2.05, 4.69) is 74.0 Å². The molecule has 2 aromatic rings. The van der Waals surface area contributed by atoms with E-state index in [4.69, 9.17) is 12.2 Å². The summed E-state index contributed by atoms with van der Waals surface area (Å²) < 4.78 is 0. The highest BCUT2D eigenvalue weighted by Crippen LogP contribution is 2.20. The summed E-state index contributed by atoms with van der Waals surface area (Å²) in [6.07, 6.45) is 0. The SMILES string of the molecule is CC[NH+]1CC[NH+]([C@@H](c2cccs2)[C@@H](C)NC(=S)Nc2cc(C)ccc2C)CC1. The second-order valence-electron chi connectivity index (χ2n) is 7.96. The van der Waals surface area contributed by atoms with Crippen LogP contribution in [0.1, 0.15) is 35.9 Å². The zero-order valence-corrected chi connectivity index (χ0v) is 19.1. The molecule has 1 aliphatic heterocycles. The van der Waals surface area contributed by atoms with Gasteiger partial charge in [-0.2, -0.15) is 0 Å². The average molecular weight is 419 g/mol. The molecule has 0 spiro atoms. The lowest BCUT2D eigenvalue weighted by Crippen LogP contribution is -3.28. The van der Waals surface area contributed by atoms with Gasteiger partial charge in [0.2, 0.25) is 0 Å². The molecular weight excluding hydrogens is 384 g/mol. The number of quaternary nitrogens is 2. The molecule has 0 bridgehead atoms. The molecule has 152 valence electrons. The number of aryl methyl sites for hydroxylation is 2. The third-order valence-electron chi connectivity index (χ3n) is 5.89. The van der Waals surface area contributed by atoms with Crippen LogP contribution in [0.15, 0.2) is 35.7 Å². The molecule has 1 aliphatic rings. The van der Waals surface area contributed by atoms with Gasteiger partial charge in [0.25, 0.3) is 0 Å². The zero-order valence-electron chi connectivity index (χ0n) is 17.5. The molecule has 4 N–H and O–H groups in total. The van der Waals surface area contributed by atoms with E-state index in [1.54, 1.807) is 9.80 Å². The number of thiocarbonyl (C=S) groups is 1. The molecule has 1 fully saturated rings. The lowest BCUT2D eigenvalue weighted by Gasteiger charge is -2.37. The fourth-order valence-corrected chi connectivity index (χ4v) is 5.46. The van der Waals surface area contributed by atoms with Crippen molar-refractivity contribution in [3.8, 4) is 0 Å². The van der Waals surface area contributed by atoms with Crippen molar-refractivity contribution in [2.45, 2.75) is 39.8 Å². The van der Waals surface area contributed by atoms with Crippen LogP contribution in [0.25, 0.3) is 0 Å². The van der Waals surface area contributed by atoms with Crippen LogP contribution >= 0.6 is 23.6 Å². The molecule has 4 nitrogen and oxygen atoms in total. The van der Waals surface area contributed by atoms with Crippen LogP contribution in [0.5, 0.6) is 0 Å². The summed E-state index contributed by atoms with van der Waals surface area (Å²) in [6, 6.07) is 11.6. The Bertz CT molecular complexity index is 767. The lowest BCUT2D eigenvalue weighted by molar-refractivity contribution is -1.03. The molecule has 2 atom stereocenters. The van der Waals surface area contributed by atoms with Crippen molar-refractivity contribution in [2.24, 2.45) is 0 Å². The Morgan fingerprint density at radius 1 is 1.18 bits per heavy atom. The summed E-state index contributed by atoms with van der Waals surface area (Å²) in [5, 5.41) is 9.89. The summed E-state index contributed by atoms with van der Waals surface area (Å²) in [7, 11) is 0. The van der Waals surface area contributed by atoms with Crippen molar-refractivity contribution in [1.29, 1.82) is 0 Å². The van der Waals surface area contributed by atoms with Crippen molar-refractivity contribution in [3.63, 3.8) is 0 Å². The molecule has 28 heavy (non-hydrogen) atoms. The molecule has 0 radical (unpaired) electrons. The predicted octanol–water partition coefficient (Wildman–Crippen LogP) is 1.58. The van der Waals surface area contributed by atoms with E-state index in [-0.39, 0.29) is 6.04 Å². The molecule has 1 aromatic heterocycles. The number of rotatable bonds is 6. The first-order chi connectivity index (χ1) is 13.5. The molecule has 0 aliphatic carbocycles. The predicted molar refractivity (Wildman–Crippen MR) is 124 cm³/mol. The Hall–Kier alpha value is -1.47. The van der Waals surface area contributed by atoms with Gasteiger partial charge in [0.15, 0.2) is 5.11 Å². The van der Waals surface area contributed by atoms with Gasteiger partial charge in [0, 0.05) is 5.69 Å². The summed E-state index contributed by atoms with van der Waals surface area (Å²) >= 11 is 7.53. The number of likely N-dealkylation sites (N-methyl/N-ethyl adjacent to an activating group) is 1. The number of hydrogen-bond acceptors (Lipinski definition) is 2. The normalized spacial score (nSPS) is 21.7. The van der Waals surface area contributed by atoms with Gasteiger partial charge < -0.3 is 20.4 Å². The van der Waals surface area contributed by atoms with Gasteiger partial charge in [-0.25, -0.2) is 0 Å². The molecule has 6 heteroatoms. The van der Waals surface area contributed by atoms with Crippen LogP contribution in [0.4, 0.5) is 5.69 Å². The van der Waals surface area contributed by atoms with Gasteiger partial charge >= 0.3 is 0 Å². The Morgan fingerprint density at radius 2 is 1.93 bits per heavy atom. The smallest absolute Gasteiger partial charge is 0.171 e. The minimum absolute atomic E-state index is 0.266. The first-order valence-electron chi connectivity index (χ1n) is 10.3. The zero-order chi connectivity index (χ0) is 20.1. The van der Waals surface area contributed by atoms with Crippen LogP contribution in [0.3, 0.4) is 0 Å². The van der Waals surface area contributed by atoms with Crippen molar-refractivity contribution in [2.75, 3.05) is 38.0 Å². The average Bonchev–Trinajstić information content (AvgIpc) is 3.19. The van der Waals surface area contributed by atoms with Crippen molar-refractivity contribution >= 4 is 34.4 Å². The minimum Gasteiger partial charge on any atom is -0.354 e. The fraction of sp³-hybridized carbons (Fsp3) is 0.500. The quantitative estimate of drug-likeness (QED) is 0.538. The monoisotopic (exact) mass is 418 g/mol. The molecule has 3 rings (SSSR count). The number of nitrogens with one attached hydrogen (secondary N) is 4. The van der Waals surface area contributed by atoms with E-state index >= 15 is 0 Å². The van der Waals surface area contributed by atoms with Gasteiger partial charge in [-0.15, -0.1) is 11.3 Å². The standard InChI is InChI=1S/C22H32N4S2/c1-5-25-10-12-26(13-11-25)21(20-7-6-14-28-20)18(4)23-22(27)24-19-15-16(2)8-9-17(19)3/h6-9,14-15,18,21H,5,10-13H2,1-4H3,(H2,23,24,27)/p+2/t18-,21-/m1/s1. The maximum Gasteiger partial charge on any atom is 0.171 e. The molecule has 2 heterocycles. The number of benzene rings is 1. The van der Waals surface area contributed by atoms with Crippen LogP contribution in [0.2, 0.25) is 0 Å². The molecule has 0 amide bonds. The Kier molecular flexibility index (Phi) is 7.46. The van der Waals surface area contributed by atoms with Gasteiger partial charge in [-0.1, -0.05) is 18.2 Å². The van der Waals surface area contributed by atoms with E-state index in [0.29, 0.717) is 11.2 Å². The number of hydrogen-bond donors (Lipinski definition) is 4. The second-order valence-corrected chi connectivity index (χ2v) is 9.35. The maximum atomic E-state index is 5.67. The molecular formula is C22H34N4S2+2. The fourth-order valence-electron chi connectivity index (χ4n) is 4.18. The van der Waals surface area contributed by atoms with Crippen LogP contribution in [-0.2, 0) is 0 Å². The first kappa shape index (κ1) is 21.2. The van der Waals surface area contributed by atoms with Crippen LogP contribution in [-0.4, -0.2) is 43.9 Å². The third-order valence-corrected chi connectivity index (χ3v) is 7.06. The van der Waals surface area contributed by atoms with E-state index in [1.807, 2.05) is 11.3 Å². The summed E-state index contributed by atoms with van der Waals surface area (Å²) in [4.78, 5) is 4.85. The lowest BCUT2D eigenvalue weighted by atomic mass is 10.0. The Labute approximate surface area is 178 Å². The summed E-state index contributed by atoms with van der Waals surface area (Å²) in [5.41, 5.74) is 3.53. The van der Waals surface area contributed by atoms with Gasteiger partial charge in [-0.3, -0.25) is 0 Å². The van der Waals surface area contributed by atoms with Crippen LogP contribution < -0.4 is 20.4 Å². The van der Waals surface area contributed by atoms with Gasteiger partial charge in [0.05, 0.1) is 17.5 Å². The highest BCUT2D eigenvalue weighted by atomic mass is 32.1. The van der Waals surface area contributed by atoms with Gasteiger partial charge in [-0.05, 0) is 68.6 Å². The second kappa shape index (κ2) is 9.83. The number of anilines is 1. The largest absolute Gasteiger partial charge is 0.354 e. The van der Waals surface area contributed by atoms with Crippen molar-refractivity contribution in [1.82, 2.24) is 5.32 Å². The maximum absolute atomic E-state index is 5.67. The van der Waals surface area contributed by atoms with Crippen molar-refractivity contribution < 1.29 is 9.80 Å². The third kappa shape index (κ3) is 5.32. The molecule has 0 unspecified atom stereocenters. The Balaban J connectivity index is 1.68. The molecule has 1 aromatic carbocycles. The van der Waals surface area contributed by atoms with Crippen LogP contribution in [0, 0.1) is 13.8 Å². The highest BCUT2D eigenvalue weighted by Gasteiger charge is 2.34. The van der Waals surface area contributed by atoms with E-state index in [9.17, 15) is 0 Å². The molecule has 1 saturated heterocycles. The van der Waals surface area contributed by atoms with E-state index < -0.39 is 0 Å². The van der Waals surface area contributed by atoms with Gasteiger partial charge in [0.1, 0.15) is 32.2 Å². The summed E-state index contributed by atoms with van der Waals surface area (Å²) in [5.74, 6) is 0. The molecule has 0 saturated carbocycles. The van der Waals surface area contributed by atoms with E-state index in [1.165, 1.54) is 48.7 Å².